The number of halogens is 1. The first-order chi connectivity index (χ1) is 15.8. The molecule has 2 aromatic carbocycles. The average Bonchev–Trinajstić information content (AvgIpc) is 3.66. The highest BCUT2D eigenvalue weighted by molar-refractivity contribution is 6.31. The Hall–Kier alpha value is -2.33. The molecule has 1 aliphatic carbocycles. The molecule has 1 fully saturated rings. The molecule has 0 aliphatic heterocycles. The molecule has 8 nitrogen and oxygen atoms in total. The molecule has 4 atom stereocenters. The number of aliphatic hydroxyl groups excluding tert-OH is 6. The van der Waals surface area contributed by atoms with Crippen LogP contribution in [0, 0.1) is 0 Å². The van der Waals surface area contributed by atoms with Crippen molar-refractivity contribution in [2.45, 2.75) is 49.8 Å². The van der Waals surface area contributed by atoms with E-state index in [0.29, 0.717) is 36.3 Å². The smallest absolute Gasteiger partial charge is 0.158 e. The Morgan fingerprint density at radius 1 is 1.00 bits per heavy atom. The second-order valence-corrected chi connectivity index (χ2v) is 8.42. The highest BCUT2D eigenvalue weighted by Crippen LogP contribution is 2.28. The summed E-state index contributed by atoms with van der Waals surface area (Å²) in [5.74, 6) is -0.210. The molecule has 3 rings (SSSR count). The molecule has 0 amide bonds. The third-order valence-corrected chi connectivity index (χ3v) is 5.76. The van der Waals surface area contributed by atoms with Crippen molar-refractivity contribution in [1.82, 2.24) is 0 Å². The van der Waals surface area contributed by atoms with Gasteiger partial charge < -0.3 is 40.1 Å². The second kappa shape index (κ2) is 11.7. The molecule has 180 valence electrons. The lowest BCUT2D eigenvalue weighted by molar-refractivity contribution is -0.104. The van der Waals surface area contributed by atoms with E-state index in [9.17, 15) is 25.5 Å². The van der Waals surface area contributed by atoms with Crippen LogP contribution in [0.25, 0.3) is 0 Å². The van der Waals surface area contributed by atoms with Crippen molar-refractivity contribution in [3.8, 4) is 5.75 Å². The zero-order valence-electron chi connectivity index (χ0n) is 17.9. The Bertz CT molecular complexity index is 929. The highest BCUT2D eigenvalue weighted by Gasteiger charge is 2.33. The summed E-state index contributed by atoms with van der Waals surface area (Å²) in [5, 5.41) is 58.9. The number of hydrogen-bond acceptors (Lipinski definition) is 8. The summed E-state index contributed by atoms with van der Waals surface area (Å²) >= 11 is 6.31. The van der Waals surface area contributed by atoms with Gasteiger partial charge in [0.2, 0.25) is 0 Å². The summed E-state index contributed by atoms with van der Waals surface area (Å²) in [4.78, 5) is 0. The lowest BCUT2D eigenvalue weighted by atomic mass is 9.94. The van der Waals surface area contributed by atoms with Gasteiger partial charge in [0.1, 0.15) is 43.0 Å². The number of ether oxygens (including phenoxy) is 2. The van der Waals surface area contributed by atoms with Gasteiger partial charge in [0.25, 0.3) is 0 Å². The van der Waals surface area contributed by atoms with Gasteiger partial charge in [-0.1, -0.05) is 35.9 Å². The Labute approximate surface area is 196 Å². The van der Waals surface area contributed by atoms with E-state index < -0.39 is 30.2 Å². The quantitative estimate of drug-likeness (QED) is 0.201. The van der Waals surface area contributed by atoms with Crippen LogP contribution in [0.5, 0.6) is 5.75 Å². The van der Waals surface area contributed by atoms with Crippen molar-refractivity contribution in [3.63, 3.8) is 0 Å². The first-order valence-corrected chi connectivity index (χ1v) is 11.0. The molecule has 33 heavy (non-hydrogen) atoms. The topological polar surface area (TPSA) is 140 Å². The summed E-state index contributed by atoms with van der Waals surface area (Å²) in [6.45, 7) is 1.04. The third kappa shape index (κ3) is 7.07. The largest absolute Gasteiger partial charge is 0.512 e. The first kappa shape index (κ1) is 25.3. The van der Waals surface area contributed by atoms with E-state index in [1.54, 1.807) is 12.1 Å². The SMILES string of the molecule is O/C=C(/O)[C@@H](O)[C@H](O)[C@@H](O)C(O)c1ccc(Cl)c(Cc2ccc(OCCOC3CC3)cc2)c1. The van der Waals surface area contributed by atoms with Crippen LogP contribution in [-0.4, -0.2) is 68.3 Å². The van der Waals surface area contributed by atoms with Gasteiger partial charge in [-0.05, 0) is 54.2 Å². The minimum absolute atomic E-state index is 0.200. The zero-order chi connectivity index (χ0) is 24.0. The van der Waals surface area contributed by atoms with Gasteiger partial charge in [-0.3, -0.25) is 0 Å². The van der Waals surface area contributed by atoms with Crippen molar-refractivity contribution in [2.24, 2.45) is 0 Å². The minimum Gasteiger partial charge on any atom is -0.512 e. The maximum atomic E-state index is 10.5. The van der Waals surface area contributed by atoms with Gasteiger partial charge in [0, 0.05) is 5.02 Å². The molecule has 0 radical (unpaired) electrons. The van der Waals surface area contributed by atoms with Crippen LogP contribution >= 0.6 is 11.6 Å². The monoisotopic (exact) mass is 480 g/mol. The molecular formula is C24H29ClO8. The molecule has 0 heterocycles. The van der Waals surface area contributed by atoms with E-state index in [1.807, 2.05) is 24.3 Å². The molecule has 1 aliphatic rings. The van der Waals surface area contributed by atoms with Crippen LogP contribution in [0.2, 0.25) is 5.02 Å². The molecule has 1 unspecified atom stereocenters. The van der Waals surface area contributed by atoms with Gasteiger partial charge >= 0.3 is 0 Å². The Balaban J connectivity index is 1.62. The molecular weight excluding hydrogens is 452 g/mol. The molecule has 0 bridgehead atoms. The summed E-state index contributed by atoms with van der Waals surface area (Å²) < 4.78 is 11.2. The lowest BCUT2D eigenvalue weighted by Crippen LogP contribution is -2.42. The van der Waals surface area contributed by atoms with Crippen molar-refractivity contribution in [3.05, 3.63) is 76.2 Å². The van der Waals surface area contributed by atoms with Gasteiger partial charge in [-0.15, -0.1) is 0 Å². The summed E-state index contributed by atoms with van der Waals surface area (Å²) in [7, 11) is 0. The average molecular weight is 481 g/mol. The lowest BCUT2D eigenvalue weighted by Gasteiger charge is -2.26. The number of hydrogen-bond donors (Lipinski definition) is 6. The Morgan fingerprint density at radius 3 is 2.33 bits per heavy atom. The maximum absolute atomic E-state index is 10.5. The third-order valence-electron chi connectivity index (χ3n) is 5.39. The predicted octanol–water partition coefficient (Wildman–Crippen LogP) is 2.56. The molecule has 1 saturated carbocycles. The molecule has 0 spiro atoms. The summed E-state index contributed by atoms with van der Waals surface area (Å²) in [5.41, 5.74) is 1.88. The fourth-order valence-corrected chi connectivity index (χ4v) is 3.45. The minimum atomic E-state index is -1.97. The Kier molecular flexibility index (Phi) is 8.96. The van der Waals surface area contributed by atoms with E-state index >= 15 is 0 Å². The standard InChI is InChI=1S/C24H29ClO8/c25-19-8-3-15(21(28)23(30)24(31)22(29)20(27)13-26)12-16(19)11-14-1-4-17(5-2-14)32-9-10-33-18-6-7-18/h1-5,8,12-13,18,21-24,26-31H,6-7,9-11H2/b20-13+/t21?,22-,23+,24+/m1/s1. The summed E-state index contributed by atoms with van der Waals surface area (Å²) in [6, 6.07) is 12.1. The second-order valence-electron chi connectivity index (χ2n) is 8.02. The van der Waals surface area contributed by atoms with Crippen molar-refractivity contribution < 1.29 is 40.1 Å². The van der Waals surface area contributed by atoms with Crippen LogP contribution in [0.4, 0.5) is 0 Å². The van der Waals surface area contributed by atoms with Gasteiger partial charge in [-0.25, -0.2) is 0 Å². The predicted molar refractivity (Wildman–Crippen MR) is 121 cm³/mol. The zero-order valence-corrected chi connectivity index (χ0v) is 18.7. The van der Waals surface area contributed by atoms with Crippen molar-refractivity contribution >= 4 is 11.6 Å². The van der Waals surface area contributed by atoms with E-state index in [-0.39, 0.29) is 11.8 Å². The van der Waals surface area contributed by atoms with Crippen LogP contribution in [0.1, 0.15) is 35.6 Å². The maximum Gasteiger partial charge on any atom is 0.158 e. The first-order valence-electron chi connectivity index (χ1n) is 10.7. The van der Waals surface area contributed by atoms with Crippen molar-refractivity contribution in [2.75, 3.05) is 13.2 Å². The number of aliphatic hydroxyl groups is 6. The van der Waals surface area contributed by atoms with Crippen LogP contribution in [0.3, 0.4) is 0 Å². The van der Waals surface area contributed by atoms with Crippen LogP contribution < -0.4 is 4.74 Å². The molecule has 0 aromatic heterocycles. The molecule has 0 saturated heterocycles. The fraction of sp³-hybridized carbons (Fsp3) is 0.417. The Morgan fingerprint density at radius 2 is 1.70 bits per heavy atom. The normalized spacial score (nSPS) is 17.9. The molecule has 2 aromatic rings. The molecule has 9 heteroatoms. The van der Waals surface area contributed by atoms with E-state index in [1.165, 1.54) is 6.07 Å². The number of rotatable bonds is 12. The van der Waals surface area contributed by atoms with E-state index in [4.69, 9.17) is 26.2 Å². The van der Waals surface area contributed by atoms with E-state index in [2.05, 4.69) is 0 Å². The fourth-order valence-electron chi connectivity index (χ4n) is 3.27. The van der Waals surface area contributed by atoms with E-state index in [0.717, 1.165) is 24.2 Å². The summed E-state index contributed by atoms with van der Waals surface area (Å²) in [6.07, 6.45) is -4.03. The van der Waals surface area contributed by atoms with Crippen molar-refractivity contribution in [1.29, 1.82) is 0 Å². The van der Waals surface area contributed by atoms with Gasteiger partial charge in [-0.2, -0.15) is 0 Å². The highest BCUT2D eigenvalue weighted by atomic mass is 35.5. The molecule has 6 N–H and O–H groups in total. The van der Waals surface area contributed by atoms with Gasteiger partial charge in [0.15, 0.2) is 5.76 Å². The van der Waals surface area contributed by atoms with Crippen LogP contribution in [-0.2, 0) is 11.2 Å². The number of benzene rings is 2. The van der Waals surface area contributed by atoms with Gasteiger partial charge in [0.05, 0.1) is 12.7 Å². The van der Waals surface area contributed by atoms with Crippen LogP contribution in [0.15, 0.2) is 54.5 Å².